The average Bonchev–Trinajstić information content (AvgIpc) is 2.28. The number of nitrogens with zero attached hydrogens (tertiary/aromatic N) is 1. The number of carbonyl (C=O) groups excluding carboxylic acids is 1. The molecule has 2 atom stereocenters. The van der Waals surface area contributed by atoms with Crippen LogP contribution in [-0.2, 0) is 0 Å². The Bertz CT molecular complexity index is 461. The zero-order valence-corrected chi connectivity index (χ0v) is 12.4. The number of amides is 1. The first kappa shape index (κ1) is 13.6. The summed E-state index contributed by atoms with van der Waals surface area (Å²) in [7, 11) is 0. The van der Waals surface area contributed by atoms with Crippen LogP contribution in [0, 0.1) is 6.92 Å². The monoisotopic (exact) mass is 310 g/mol. The molecule has 0 radical (unpaired) electrons. The number of hydrogen-bond acceptors (Lipinski definition) is 2. The Balaban J connectivity index is 2.20. The van der Waals surface area contributed by atoms with Gasteiger partial charge in [-0.1, -0.05) is 15.9 Å². The van der Waals surface area contributed by atoms with Crippen molar-refractivity contribution in [1.82, 2.24) is 4.90 Å². The molecule has 1 aromatic rings. The molecule has 1 aliphatic heterocycles. The van der Waals surface area contributed by atoms with E-state index in [4.69, 9.17) is 5.73 Å². The minimum Gasteiger partial charge on any atom is -0.336 e. The van der Waals surface area contributed by atoms with Gasteiger partial charge in [-0.3, -0.25) is 4.79 Å². The van der Waals surface area contributed by atoms with Crippen molar-refractivity contribution in [3.8, 4) is 0 Å². The van der Waals surface area contributed by atoms with Gasteiger partial charge in [-0.15, -0.1) is 0 Å². The van der Waals surface area contributed by atoms with Crippen LogP contribution >= 0.6 is 15.9 Å². The van der Waals surface area contributed by atoms with Crippen LogP contribution in [0.25, 0.3) is 0 Å². The molecule has 0 aliphatic carbocycles. The van der Waals surface area contributed by atoms with Gasteiger partial charge in [-0.2, -0.15) is 0 Å². The normalized spacial score (nSPS) is 24.1. The van der Waals surface area contributed by atoms with Gasteiger partial charge in [0.1, 0.15) is 0 Å². The fourth-order valence-corrected chi connectivity index (χ4v) is 3.01. The van der Waals surface area contributed by atoms with Crippen LogP contribution in [0.2, 0.25) is 0 Å². The first-order valence-electron chi connectivity index (χ1n) is 6.31. The minimum atomic E-state index is 0.124. The topological polar surface area (TPSA) is 46.3 Å². The molecule has 18 heavy (non-hydrogen) atoms. The molecule has 2 rings (SSSR count). The van der Waals surface area contributed by atoms with Crippen molar-refractivity contribution in [2.45, 2.75) is 38.8 Å². The van der Waals surface area contributed by atoms with E-state index < -0.39 is 0 Å². The summed E-state index contributed by atoms with van der Waals surface area (Å²) in [4.78, 5) is 14.5. The molecule has 2 unspecified atom stereocenters. The molecular formula is C14H19BrN2O. The zero-order valence-electron chi connectivity index (χ0n) is 10.8. The van der Waals surface area contributed by atoms with Crippen molar-refractivity contribution in [1.29, 1.82) is 0 Å². The van der Waals surface area contributed by atoms with Crippen LogP contribution in [0.1, 0.15) is 35.7 Å². The number of nitrogens with two attached hydrogens (primary N) is 1. The summed E-state index contributed by atoms with van der Waals surface area (Å²) in [5.74, 6) is 0.124. The standard InChI is InChI=1S/C14H19BrN2O/c1-9-7-11(15)3-4-13(9)14(18)17-6-5-12(16)8-10(17)2/h3-4,7,10,12H,5-6,8,16H2,1-2H3. The van der Waals surface area contributed by atoms with Crippen molar-refractivity contribution < 1.29 is 4.79 Å². The molecule has 0 aromatic heterocycles. The number of halogens is 1. The van der Waals surface area contributed by atoms with Crippen molar-refractivity contribution >= 4 is 21.8 Å². The van der Waals surface area contributed by atoms with E-state index in [1.54, 1.807) is 0 Å². The van der Waals surface area contributed by atoms with Gasteiger partial charge in [-0.05, 0) is 50.5 Å². The van der Waals surface area contributed by atoms with Crippen molar-refractivity contribution in [3.63, 3.8) is 0 Å². The van der Waals surface area contributed by atoms with E-state index in [1.807, 2.05) is 30.0 Å². The first-order chi connectivity index (χ1) is 8.49. The predicted octanol–water partition coefficient (Wildman–Crippen LogP) is 2.71. The third-order valence-electron chi connectivity index (χ3n) is 3.60. The smallest absolute Gasteiger partial charge is 0.254 e. The van der Waals surface area contributed by atoms with E-state index in [0.29, 0.717) is 0 Å². The summed E-state index contributed by atoms with van der Waals surface area (Å²) in [6.45, 7) is 4.81. The third kappa shape index (κ3) is 2.75. The van der Waals surface area contributed by atoms with Crippen LogP contribution in [0.15, 0.2) is 22.7 Å². The molecule has 1 amide bonds. The van der Waals surface area contributed by atoms with Gasteiger partial charge in [0, 0.05) is 28.7 Å². The molecule has 1 saturated heterocycles. The lowest BCUT2D eigenvalue weighted by Gasteiger charge is -2.36. The van der Waals surface area contributed by atoms with Gasteiger partial charge in [0.15, 0.2) is 0 Å². The fourth-order valence-electron chi connectivity index (χ4n) is 2.53. The number of benzene rings is 1. The maximum Gasteiger partial charge on any atom is 0.254 e. The van der Waals surface area contributed by atoms with Crippen molar-refractivity contribution in [2.75, 3.05) is 6.54 Å². The lowest BCUT2D eigenvalue weighted by molar-refractivity contribution is 0.0618. The summed E-state index contributed by atoms with van der Waals surface area (Å²) in [6.07, 6.45) is 1.78. The second-order valence-electron chi connectivity index (χ2n) is 5.09. The summed E-state index contributed by atoms with van der Waals surface area (Å²) >= 11 is 3.42. The summed E-state index contributed by atoms with van der Waals surface area (Å²) in [5.41, 5.74) is 7.73. The molecule has 1 aromatic carbocycles. The third-order valence-corrected chi connectivity index (χ3v) is 4.09. The molecule has 1 aliphatic rings. The highest BCUT2D eigenvalue weighted by atomic mass is 79.9. The quantitative estimate of drug-likeness (QED) is 0.867. The minimum absolute atomic E-state index is 0.124. The second kappa shape index (κ2) is 5.41. The molecule has 3 nitrogen and oxygen atoms in total. The van der Waals surface area contributed by atoms with E-state index in [-0.39, 0.29) is 18.0 Å². The Kier molecular flexibility index (Phi) is 4.07. The van der Waals surface area contributed by atoms with Gasteiger partial charge < -0.3 is 10.6 Å². The summed E-state index contributed by atoms with van der Waals surface area (Å²) < 4.78 is 1.00. The molecule has 0 spiro atoms. The Labute approximate surface area is 116 Å². The van der Waals surface area contributed by atoms with Crippen molar-refractivity contribution in [2.24, 2.45) is 5.73 Å². The Morgan fingerprint density at radius 1 is 1.50 bits per heavy atom. The van der Waals surface area contributed by atoms with Gasteiger partial charge in [0.05, 0.1) is 0 Å². The van der Waals surface area contributed by atoms with E-state index in [1.165, 1.54) is 0 Å². The Hall–Kier alpha value is -0.870. The van der Waals surface area contributed by atoms with Crippen LogP contribution in [0.5, 0.6) is 0 Å². The van der Waals surface area contributed by atoms with E-state index >= 15 is 0 Å². The molecule has 1 fully saturated rings. The molecule has 0 saturated carbocycles. The van der Waals surface area contributed by atoms with Gasteiger partial charge in [-0.25, -0.2) is 0 Å². The number of hydrogen-bond donors (Lipinski definition) is 1. The predicted molar refractivity (Wildman–Crippen MR) is 76.6 cm³/mol. The van der Waals surface area contributed by atoms with Gasteiger partial charge in [0.25, 0.3) is 5.91 Å². The number of rotatable bonds is 1. The Morgan fingerprint density at radius 2 is 2.22 bits per heavy atom. The first-order valence-corrected chi connectivity index (χ1v) is 7.11. The van der Waals surface area contributed by atoms with Crippen LogP contribution < -0.4 is 5.73 Å². The number of aryl methyl sites for hydroxylation is 1. The number of likely N-dealkylation sites (tertiary alicyclic amines) is 1. The molecule has 1 heterocycles. The van der Waals surface area contributed by atoms with E-state index in [2.05, 4.69) is 22.9 Å². The van der Waals surface area contributed by atoms with Gasteiger partial charge >= 0.3 is 0 Å². The zero-order chi connectivity index (χ0) is 13.3. The SMILES string of the molecule is Cc1cc(Br)ccc1C(=O)N1CCC(N)CC1C. The highest BCUT2D eigenvalue weighted by molar-refractivity contribution is 9.10. The lowest BCUT2D eigenvalue weighted by Crippen LogP contribution is -2.48. The average molecular weight is 311 g/mol. The number of piperidine rings is 1. The number of carbonyl (C=O) groups is 1. The summed E-state index contributed by atoms with van der Waals surface area (Å²) in [6, 6.07) is 6.25. The van der Waals surface area contributed by atoms with E-state index in [9.17, 15) is 4.79 Å². The molecule has 2 N–H and O–H groups in total. The highest BCUT2D eigenvalue weighted by Gasteiger charge is 2.28. The highest BCUT2D eigenvalue weighted by Crippen LogP contribution is 2.22. The maximum atomic E-state index is 12.5. The maximum absolute atomic E-state index is 12.5. The van der Waals surface area contributed by atoms with E-state index in [0.717, 1.165) is 35.0 Å². The molecular weight excluding hydrogens is 292 g/mol. The second-order valence-corrected chi connectivity index (χ2v) is 6.01. The molecule has 98 valence electrons. The lowest BCUT2D eigenvalue weighted by atomic mass is 9.97. The van der Waals surface area contributed by atoms with Crippen LogP contribution in [0.3, 0.4) is 0 Å². The van der Waals surface area contributed by atoms with Gasteiger partial charge in [0.2, 0.25) is 0 Å². The Morgan fingerprint density at radius 3 is 2.83 bits per heavy atom. The molecule has 4 heteroatoms. The van der Waals surface area contributed by atoms with Crippen molar-refractivity contribution in [3.05, 3.63) is 33.8 Å². The van der Waals surface area contributed by atoms with Crippen LogP contribution in [-0.4, -0.2) is 29.4 Å². The molecule has 0 bridgehead atoms. The summed E-state index contributed by atoms with van der Waals surface area (Å²) in [5, 5.41) is 0. The fraction of sp³-hybridized carbons (Fsp3) is 0.500. The largest absolute Gasteiger partial charge is 0.336 e. The van der Waals surface area contributed by atoms with Crippen LogP contribution in [0.4, 0.5) is 0 Å².